The molecule has 0 bridgehead atoms. The molecular formula is C29H23F4NS. The number of isothiocyanates is 1. The highest BCUT2D eigenvalue weighted by atomic mass is 32.1. The van der Waals surface area contributed by atoms with Crippen molar-refractivity contribution in [3.05, 3.63) is 87.5 Å². The molecule has 0 aromatic heterocycles. The third kappa shape index (κ3) is 5.22. The normalized spacial score (nSPS) is 14.5. The Kier molecular flexibility index (Phi) is 7.50. The Bertz CT molecular complexity index is 1390. The van der Waals surface area contributed by atoms with Gasteiger partial charge in [0.25, 0.3) is 0 Å². The minimum atomic E-state index is -0.891. The zero-order valence-electron chi connectivity index (χ0n) is 19.4. The van der Waals surface area contributed by atoms with Gasteiger partial charge in [-0.05, 0) is 96.9 Å². The Morgan fingerprint density at radius 3 is 2.40 bits per heavy atom. The van der Waals surface area contributed by atoms with Crippen molar-refractivity contribution in [3.63, 3.8) is 0 Å². The zero-order valence-corrected chi connectivity index (χ0v) is 20.3. The van der Waals surface area contributed by atoms with Crippen LogP contribution in [0.5, 0.6) is 0 Å². The lowest BCUT2D eigenvalue weighted by atomic mass is 9.80. The second kappa shape index (κ2) is 10.6. The predicted octanol–water partition coefficient (Wildman–Crippen LogP) is 8.26. The summed E-state index contributed by atoms with van der Waals surface area (Å²) in [5, 5.41) is 1.94. The molecule has 1 atom stereocenters. The lowest BCUT2D eigenvalue weighted by Gasteiger charge is -2.26. The molecule has 1 unspecified atom stereocenters. The molecule has 35 heavy (non-hydrogen) atoms. The summed E-state index contributed by atoms with van der Waals surface area (Å²) in [5.41, 5.74) is 2.67. The highest BCUT2D eigenvalue weighted by Gasteiger charge is 2.25. The van der Waals surface area contributed by atoms with E-state index < -0.39 is 29.0 Å². The van der Waals surface area contributed by atoms with Crippen LogP contribution in [0.2, 0.25) is 0 Å². The van der Waals surface area contributed by atoms with E-state index in [9.17, 15) is 8.78 Å². The fourth-order valence-corrected chi connectivity index (χ4v) is 4.82. The van der Waals surface area contributed by atoms with Crippen LogP contribution in [0, 0.1) is 48.0 Å². The summed E-state index contributed by atoms with van der Waals surface area (Å²) in [6.07, 6.45) is 4.37. The molecule has 1 nitrogen and oxygen atoms in total. The molecule has 0 N–H and O–H groups in total. The molecule has 6 heteroatoms. The standard InChI is InChI=1S/C29H23F4NS/c1-3-4-18-6-10-23-22(12-18)15-24(30)27(28(23)33)21-9-8-20(17(2)11-21)7-5-19-13-25(31)29(34-16-35)26(32)14-19/h8-9,11,13-15,18H,3-4,6,10,12H2,1-2H3. The fraction of sp³-hybridized carbons (Fsp3) is 0.276. The monoisotopic (exact) mass is 493 g/mol. The number of thiocarbonyl (C=S) groups is 1. The van der Waals surface area contributed by atoms with E-state index >= 15 is 8.78 Å². The average molecular weight is 494 g/mol. The van der Waals surface area contributed by atoms with Gasteiger partial charge in [0.05, 0.1) is 10.7 Å². The summed E-state index contributed by atoms with van der Waals surface area (Å²) < 4.78 is 58.5. The molecule has 0 radical (unpaired) electrons. The molecule has 0 spiro atoms. The smallest absolute Gasteiger partial charge is 0.153 e. The van der Waals surface area contributed by atoms with E-state index in [0.717, 1.165) is 37.0 Å². The Labute approximate surface area is 207 Å². The maximum absolute atomic E-state index is 15.4. The second-order valence-corrected chi connectivity index (χ2v) is 9.04. The van der Waals surface area contributed by atoms with Crippen molar-refractivity contribution in [1.82, 2.24) is 0 Å². The summed E-state index contributed by atoms with van der Waals surface area (Å²) in [6, 6.07) is 8.57. The van der Waals surface area contributed by atoms with Gasteiger partial charge >= 0.3 is 0 Å². The molecule has 3 aromatic carbocycles. The van der Waals surface area contributed by atoms with Gasteiger partial charge in [-0.1, -0.05) is 37.7 Å². The average Bonchev–Trinajstić information content (AvgIpc) is 2.81. The van der Waals surface area contributed by atoms with E-state index in [-0.39, 0.29) is 11.1 Å². The first-order valence-electron chi connectivity index (χ1n) is 11.5. The van der Waals surface area contributed by atoms with Crippen molar-refractivity contribution in [2.75, 3.05) is 0 Å². The molecular weight excluding hydrogens is 470 g/mol. The number of aryl methyl sites for hydroxylation is 1. The number of hydrogen-bond acceptors (Lipinski definition) is 2. The van der Waals surface area contributed by atoms with Gasteiger partial charge in [-0.3, -0.25) is 0 Å². The van der Waals surface area contributed by atoms with Crippen LogP contribution < -0.4 is 0 Å². The van der Waals surface area contributed by atoms with Crippen LogP contribution in [-0.2, 0) is 12.8 Å². The number of hydrogen-bond donors (Lipinski definition) is 0. The third-order valence-electron chi connectivity index (χ3n) is 6.45. The first-order chi connectivity index (χ1) is 16.8. The van der Waals surface area contributed by atoms with E-state index in [1.807, 2.05) is 5.16 Å². The van der Waals surface area contributed by atoms with Gasteiger partial charge in [0, 0.05) is 11.1 Å². The van der Waals surface area contributed by atoms with Crippen LogP contribution in [0.4, 0.5) is 23.2 Å². The fourth-order valence-electron chi connectivity index (χ4n) is 4.73. The van der Waals surface area contributed by atoms with Crippen molar-refractivity contribution in [1.29, 1.82) is 0 Å². The molecule has 0 aliphatic heterocycles. The summed E-state index contributed by atoms with van der Waals surface area (Å²) >= 11 is 4.40. The van der Waals surface area contributed by atoms with Crippen LogP contribution in [0.15, 0.2) is 41.4 Å². The minimum absolute atomic E-state index is 0.0286. The Morgan fingerprint density at radius 2 is 1.74 bits per heavy atom. The highest BCUT2D eigenvalue weighted by Crippen LogP contribution is 2.37. The summed E-state index contributed by atoms with van der Waals surface area (Å²) in [5.74, 6) is 3.23. The molecule has 4 rings (SSSR count). The molecule has 0 saturated heterocycles. The number of fused-ring (bicyclic) bond motifs is 1. The lowest BCUT2D eigenvalue weighted by Crippen LogP contribution is -2.16. The van der Waals surface area contributed by atoms with E-state index in [1.165, 1.54) is 6.07 Å². The van der Waals surface area contributed by atoms with E-state index in [2.05, 4.69) is 36.0 Å². The molecule has 0 saturated carbocycles. The van der Waals surface area contributed by atoms with Crippen molar-refractivity contribution in [3.8, 4) is 23.0 Å². The van der Waals surface area contributed by atoms with Crippen molar-refractivity contribution >= 4 is 23.1 Å². The van der Waals surface area contributed by atoms with Crippen LogP contribution in [0.1, 0.15) is 54.0 Å². The highest BCUT2D eigenvalue weighted by molar-refractivity contribution is 7.78. The number of halogens is 4. The van der Waals surface area contributed by atoms with Crippen molar-refractivity contribution in [2.45, 2.75) is 46.0 Å². The van der Waals surface area contributed by atoms with Crippen LogP contribution in [-0.4, -0.2) is 5.16 Å². The van der Waals surface area contributed by atoms with Gasteiger partial charge in [0.1, 0.15) is 17.3 Å². The second-order valence-electron chi connectivity index (χ2n) is 8.85. The Hall–Kier alpha value is -3.26. The topological polar surface area (TPSA) is 12.4 Å². The van der Waals surface area contributed by atoms with E-state index in [0.29, 0.717) is 41.0 Å². The van der Waals surface area contributed by atoms with Gasteiger partial charge in [-0.25, -0.2) is 17.6 Å². The molecule has 178 valence electrons. The van der Waals surface area contributed by atoms with Gasteiger partial charge < -0.3 is 0 Å². The van der Waals surface area contributed by atoms with Crippen LogP contribution >= 0.6 is 12.2 Å². The minimum Gasteiger partial charge on any atom is -0.206 e. The SMILES string of the molecule is CCCC1CCc2c(cc(F)c(-c3ccc(C#Cc4cc(F)c(N=C=S)c(F)c4)c(C)c3)c2F)C1. The maximum atomic E-state index is 15.4. The van der Waals surface area contributed by atoms with Crippen molar-refractivity contribution < 1.29 is 17.6 Å². The first-order valence-corrected chi connectivity index (χ1v) is 11.9. The lowest BCUT2D eigenvalue weighted by molar-refractivity contribution is 0.412. The summed E-state index contributed by atoms with van der Waals surface area (Å²) in [4.78, 5) is 3.38. The summed E-state index contributed by atoms with van der Waals surface area (Å²) in [7, 11) is 0. The quantitative estimate of drug-likeness (QED) is 0.154. The number of aliphatic imine (C=N–C) groups is 1. The molecule has 1 aliphatic rings. The molecule has 0 amide bonds. The maximum Gasteiger partial charge on any atom is 0.153 e. The van der Waals surface area contributed by atoms with Crippen LogP contribution in [0.25, 0.3) is 11.1 Å². The van der Waals surface area contributed by atoms with Gasteiger partial charge in [0.2, 0.25) is 0 Å². The van der Waals surface area contributed by atoms with Crippen LogP contribution in [0.3, 0.4) is 0 Å². The third-order valence-corrected chi connectivity index (χ3v) is 6.54. The first kappa shape index (κ1) is 24.9. The van der Waals surface area contributed by atoms with E-state index in [4.69, 9.17) is 0 Å². The van der Waals surface area contributed by atoms with Crippen molar-refractivity contribution in [2.24, 2.45) is 10.9 Å². The van der Waals surface area contributed by atoms with E-state index in [1.54, 1.807) is 25.1 Å². The van der Waals surface area contributed by atoms with Gasteiger partial charge in [-0.2, -0.15) is 4.99 Å². The molecule has 3 aromatic rings. The zero-order chi connectivity index (χ0) is 25.1. The molecule has 0 fully saturated rings. The Morgan fingerprint density at radius 1 is 1.00 bits per heavy atom. The molecule has 0 heterocycles. The predicted molar refractivity (Wildman–Crippen MR) is 134 cm³/mol. The number of benzene rings is 3. The van der Waals surface area contributed by atoms with Gasteiger partial charge in [-0.15, -0.1) is 0 Å². The van der Waals surface area contributed by atoms with Gasteiger partial charge in [0.15, 0.2) is 11.6 Å². The summed E-state index contributed by atoms with van der Waals surface area (Å²) in [6.45, 7) is 3.90. The number of rotatable bonds is 4. The Balaban J connectivity index is 1.65. The molecule has 1 aliphatic carbocycles. The largest absolute Gasteiger partial charge is 0.206 e. The number of nitrogens with zero attached hydrogens (tertiary/aromatic N) is 1.